The molecule has 6 heteroatoms. The number of aromatic nitrogens is 2. The molecule has 0 unspecified atom stereocenters. The number of ether oxygens (including phenoxy) is 1. The number of rotatable bonds is 5. The van der Waals surface area contributed by atoms with Gasteiger partial charge in [0.15, 0.2) is 0 Å². The maximum absolute atomic E-state index is 10.6. The van der Waals surface area contributed by atoms with E-state index in [1.165, 1.54) is 0 Å². The monoisotopic (exact) mass is 279 g/mol. The molecule has 1 heterocycles. The number of anilines is 1. The van der Waals surface area contributed by atoms with Crippen molar-refractivity contribution in [3.8, 4) is 17.0 Å². The van der Waals surface area contributed by atoms with Gasteiger partial charge in [-0.05, 0) is 25.1 Å². The molecule has 2 aromatic rings. The number of halogens is 1. The summed E-state index contributed by atoms with van der Waals surface area (Å²) in [4.78, 5) is 10.6. The van der Waals surface area contributed by atoms with Gasteiger partial charge in [-0.3, -0.25) is 4.79 Å². The van der Waals surface area contributed by atoms with E-state index in [2.05, 4.69) is 10.4 Å². The molecule has 0 atom stereocenters. The molecule has 5 nitrogen and oxygen atoms in total. The van der Waals surface area contributed by atoms with Crippen molar-refractivity contribution >= 4 is 23.8 Å². The van der Waals surface area contributed by atoms with Crippen molar-refractivity contribution in [2.24, 2.45) is 0 Å². The summed E-state index contributed by atoms with van der Waals surface area (Å²) in [6.45, 7) is 2.61. The van der Waals surface area contributed by atoms with Crippen molar-refractivity contribution in [2.45, 2.75) is 13.5 Å². The van der Waals surface area contributed by atoms with Crippen LogP contribution in [0.15, 0.2) is 24.3 Å². The maximum Gasteiger partial charge on any atom is 0.212 e. The fourth-order valence-electron chi connectivity index (χ4n) is 1.84. The van der Waals surface area contributed by atoms with Gasteiger partial charge in [0.25, 0.3) is 0 Å². The highest BCUT2D eigenvalue weighted by molar-refractivity contribution is 6.30. The first-order chi connectivity index (χ1) is 9.19. The Kier molecular flexibility index (Phi) is 4.06. The third-order valence-electron chi connectivity index (χ3n) is 2.73. The first-order valence-electron chi connectivity index (χ1n) is 5.81. The average Bonchev–Trinajstić information content (AvgIpc) is 2.82. The fraction of sp³-hybridized carbons (Fsp3) is 0.231. The summed E-state index contributed by atoms with van der Waals surface area (Å²) in [6.07, 6.45) is 0.631. The van der Waals surface area contributed by atoms with Crippen LogP contribution in [0.25, 0.3) is 11.3 Å². The van der Waals surface area contributed by atoms with E-state index in [0.717, 1.165) is 11.3 Å². The van der Waals surface area contributed by atoms with Crippen molar-refractivity contribution in [1.82, 2.24) is 9.78 Å². The van der Waals surface area contributed by atoms with Gasteiger partial charge in [-0.2, -0.15) is 5.10 Å². The lowest BCUT2D eigenvalue weighted by atomic mass is 10.1. The van der Waals surface area contributed by atoms with E-state index in [1.54, 1.807) is 30.0 Å². The van der Waals surface area contributed by atoms with Crippen LogP contribution >= 0.6 is 11.6 Å². The molecule has 0 bridgehead atoms. The molecule has 0 saturated carbocycles. The Morgan fingerprint density at radius 2 is 2.26 bits per heavy atom. The number of hydrogen-bond donors (Lipinski definition) is 1. The number of methoxy groups -OCH3 is 1. The minimum absolute atomic E-state index is 0.599. The summed E-state index contributed by atoms with van der Waals surface area (Å²) >= 11 is 5.93. The standard InChI is InChI=1S/C13H14ClN3O2/c1-3-17-13(15-8-18)7-11(16-17)10-5-4-9(14)6-12(10)19-2/h4-8H,3H2,1-2H3,(H,15,18). The summed E-state index contributed by atoms with van der Waals surface area (Å²) in [7, 11) is 1.58. The summed E-state index contributed by atoms with van der Waals surface area (Å²) in [5.74, 6) is 1.29. The topological polar surface area (TPSA) is 56.1 Å². The van der Waals surface area contributed by atoms with Crippen LogP contribution in [0.4, 0.5) is 5.82 Å². The third-order valence-corrected chi connectivity index (χ3v) is 2.96. The second kappa shape index (κ2) is 5.75. The predicted octanol–water partition coefficient (Wildman–Crippen LogP) is 2.80. The zero-order valence-corrected chi connectivity index (χ0v) is 11.4. The van der Waals surface area contributed by atoms with Crippen LogP contribution in [0.5, 0.6) is 5.75 Å². The van der Waals surface area contributed by atoms with Crippen LogP contribution in [0.1, 0.15) is 6.92 Å². The number of aryl methyl sites for hydroxylation is 1. The lowest BCUT2D eigenvalue weighted by Gasteiger charge is -2.06. The van der Waals surface area contributed by atoms with E-state index in [1.807, 2.05) is 13.0 Å². The molecule has 100 valence electrons. The summed E-state index contributed by atoms with van der Waals surface area (Å²) in [5.41, 5.74) is 1.55. The highest BCUT2D eigenvalue weighted by atomic mass is 35.5. The van der Waals surface area contributed by atoms with Crippen molar-refractivity contribution in [3.63, 3.8) is 0 Å². The van der Waals surface area contributed by atoms with E-state index < -0.39 is 0 Å². The molecule has 1 amide bonds. The molecule has 19 heavy (non-hydrogen) atoms. The van der Waals surface area contributed by atoms with Crippen molar-refractivity contribution in [1.29, 1.82) is 0 Å². The molecule has 0 aliphatic heterocycles. The first-order valence-corrected chi connectivity index (χ1v) is 6.19. The number of carbonyl (C=O) groups is 1. The van der Waals surface area contributed by atoms with Crippen LogP contribution in [0.3, 0.4) is 0 Å². The minimum atomic E-state index is 0.599. The summed E-state index contributed by atoms with van der Waals surface area (Å²) in [6, 6.07) is 7.14. The van der Waals surface area contributed by atoms with Crippen LogP contribution in [0.2, 0.25) is 5.02 Å². The van der Waals surface area contributed by atoms with Crippen LogP contribution < -0.4 is 10.1 Å². The van der Waals surface area contributed by atoms with Crippen LogP contribution in [-0.2, 0) is 11.3 Å². The lowest BCUT2D eigenvalue weighted by Crippen LogP contribution is -2.04. The van der Waals surface area contributed by atoms with E-state index in [-0.39, 0.29) is 0 Å². The number of nitrogens with one attached hydrogen (secondary N) is 1. The number of carbonyl (C=O) groups excluding carboxylic acids is 1. The summed E-state index contributed by atoms with van der Waals surface area (Å²) in [5, 5.41) is 7.65. The number of benzene rings is 1. The fourth-order valence-corrected chi connectivity index (χ4v) is 2.00. The lowest BCUT2D eigenvalue weighted by molar-refractivity contribution is -0.105. The van der Waals surface area contributed by atoms with E-state index in [9.17, 15) is 4.79 Å². The number of nitrogens with zero attached hydrogens (tertiary/aromatic N) is 2. The molecule has 0 saturated heterocycles. The van der Waals surface area contributed by atoms with E-state index >= 15 is 0 Å². The van der Waals surface area contributed by atoms with E-state index in [4.69, 9.17) is 16.3 Å². The van der Waals surface area contributed by atoms with Gasteiger partial charge in [0.1, 0.15) is 11.6 Å². The Hall–Kier alpha value is -2.01. The SMILES string of the molecule is CCn1nc(-c2ccc(Cl)cc2OC)cc1NC=O. The van der Waals surface area contributed by atoms with Gasteiger partial charge in [-0.1, -0.05) is 11.6 Å². The zero-order chi connectivity index (χ0) is 13.8. The van der Waals surface area contributed by atoms with Crippen molar-refractivity contribution < 1.29 is 9.53 Å². The molecular formula is C13H14ClN3O2. The Balaban J connectivity index is 2.49. The molecule has 0 radical (unpaired) electrons. The quantitative estimate of drug-likeness (QED) is 0.856. The summed E-state index contributed by atoms with van der Waals surface area (Å²) < 4.78 is 7.01. The molecule has 1 aromatic heterocycles. The average molecular weight is 280 g/mol. The number of amides is 1. The molecule has 0 spiro atoms. The molecular weight excluding hydrogens is 266 g/mol. The highest BCUT2D eigenvalue weighted by Crippen LogP contribution is 2.32. The van der Waals surface area contributed by atoms with Gasteiger partial charge >= 0.3 is 0 Å². The second-order valence-electron chi connectivity index (χ2n) is 3.84. The Morgan fingerprint density at radius 1 is 1.47 bits per heavy atom. The Labute approximate surface area is 116 Å². The van der Waals surface area contributed by atoms with Gasteiger partial charge < -0.3 is 10.1 Å². The normalized spacial score (nSPS) is 10.3. The second-order valence-corrected chi connectivity index (χ2v) is 4.27. The molecule has 0 fully saturated rings. The van der Waals surface area contributed by atoms with Crippen molar-refractivity contribution in [3.05, 3.63) is 29.3 Å². The molecule has 0 aliphatic rings. The number of hydrogen-bond acceptors (Lipinski definition) is 3. The first kappa shape index (κ1) is 13.4. The predicted molar refractivity (Wildman–Crippen MR) is 74.6 cm³/mol. The highest BCUT2D eigenvalue weighted by Gasteiger charge is 2.12. The largest absolute Gasteiger partial charge is 0.496 e. The van der Waals surface area contributed by atoms with E-state index in [0.29, 0.717) is 29.5 Å². The smallest absolute Gasteiger partial charge is 0.212 e. The zero-order valence-electron chi connectivity index (χ0n) is 10.7. The molecule has 1 aromatic carbocycles. The van der Waals surface area contributed by atoms with Crippen molar-refractivity contribution in [2.75, 3.05) is 12.4 Å². The van der Waals surface area contributed by atoms with Gasteiger partial charge in [0, 0.05) is 23.2 Å². The van der Waals surface area contributed by atoms with Gasteiger partial charge in [-0.15, -0.1) is 0 Å². The maximum atomic E-state index is 10.6. The molecule has 2 rings (SSSR count). The third kappa shape index (κ3) is 2.71. The van der Waals surface area contributed by atoms with Gasteiger partial charge in [0.05, 0.1) is 12.8 Å². The van der Waals surface area contributed by atoms with Crippen LogP contribution in [-0.4, -0.2) is 23.3 Å². The Morgan fingerprint density at radius 3 is 2.89 bits per heavy atom. The van der Waals surface area contributed by atoms with Crippen LogP contribution in [0, 0.1) is 0 Å². The van der Waals surface area contributed by atoms with Gasteiger partial charge in [0.2, 0.25) is 6.41 Å². The molecule has 0 aliphatic carbocycles. The molecule has 1 N–H and O–H groups in total. The minimum Gasteiger partial charge on any atom is -0.496 e. The van der Waals surface area contributed by atoms with Gasteiger partial charge in [-0.25, -0.2) is 4.68 Å². The Bertz CT molecular complexity index is 596.